The minimum absolute atomic E-state index is 0.139. The second-order valence-corrected chi connectivity index (χ2v) is 11.8. The standard InChI is InChI=1S/C32H35F4N5O5/c1-18-10-24(38-17-31(45,32(34,35)36)16-30(2,3)23-13-20(33)8-9-27(23)46-4)22-14-39-41(26(22)11-18)21-7-5-6-19(12-21)29(44)40-25(15-42)28(37)43/h5-14,25,38,42,45H,15-17H2,1-4H3,(H2,37,43)(H,40,44)/t25-,31?/m0/s1. The van der Waals surface area contributed by atoms with Crippen LogP contribution in [0.5, 0.6) is 5.75 Å². The van der Waals surface area contributed by atoms with Crippen molar-refractivity contribution in [1.82, 2.24) is 15.1 Å². The minimum Gasteiger partial charge on any atom is -0.496 e. The number of ether oxygens (including phenoxy) is 1. The quantitative estimate of drug-likeness (QED) is 0.145. The first-order valence-electron chi connectivity index (χ1n) is 14.2. The number of aromatic nitrogens is 2. The van der Waals surface area contributed by atoms with Gasteiger partial charge in [-0.15, -0.1) is 0 Å². The van der Waals surface area contributed by atoms with E-state index in [-0.39, 0.29) is 22.6 Å². The fourth-order valence-corrected chi connectivity index (χ4v) is 5.39. The summed E-state index contributed by atoms with van der Waals surface area (Å²) in [6.45, 7) is 3.08. The molecule has 0 aliphatic carbocycles. The van der Waals surface area contributed by atoms with Crippen molar-refractivity contribution in [3.8, 4) is 11.4 Å². The van der Waals surface area contributed by atoms with Crippen LogP contribution in [0.25, 0.3) is 16.6 Å². The van der Waals surface area contributed by atoms with Crippen LogP contribution in [0.2, 0.25) is 0 Å². The van der Waals surface area contributed by atoms with Gasteiger partial charge in [-0.1, -0.05) is 19.9 Å². The van der Waals surface area contributed by atoms with Crippen LogP contribution in [0.1, 0.15) is 41.8 Å². The number of amides is 2. The SMILES string of the molecule is COc1ccc(F)cc1C(C)(C)CC(O)(CNc1cc(C)cc2c1cnn2-c1cccc(C(=O)N[C@@H](CO)C(N)=O)c1)C(F)(F)F. The summed E-state index contributed by atoms with van der Waals surface area (Å²) in [6.07, 6.45) is -4.44. The van der Waals surface area contributed by atoms with E-state index in [0.29, 0.717) is 22.2 Å². The van der Waals surface area contributed by atoms with E-state index in [2.05, 4.69) is 15.7 Å². The van der Waals surface area contributed by atoms with Crippen LogP contribution in [0.4, 0.5) is 23.2 Å². The van der Waals surface area contributed by atoms with Crippen molar-refractivity contribution in [2.45, 2.75) is 50.4 Å². The van der Waals surface area contributed by atoms with Crippen molar-refractivity contribution in [2.75, 3.05) is 25.6 Å². The Morgan fingerprint density at radius 3 is 2.46 bits per heavy atom. The van der Waals surface area contributed by atoms with Crippen LogP contribution in [0.15, 0.2) is 60.8 Å². The first-order chi connectivity index (χ1) is 21.5. The molecule has 0 aliphatic heterocycles. The lowest BCUT2D eigenvalue weighted by Crippen LogP contribution is -2.53. The number of hydrogen-bond donors (Lipinski definition) is 5. The number of nitrogens with zero attached hydrogens (tertiary/aromatic N) is 2. The van der Waals surface area contributed by atoms with E-state index in [1.54, 1.807) is 31.2 Å². The van der Waals surface area contributed by atoms with Crippen molar-refractivity contribution in [3.63, 3.8) is 0 Å². The van der Waals surface area contributed by atoms with Crippen LogP contribution in [-0.4, -0.2) is 69.9 Å². The van der Waals surface area contributed by atoms with Crippen LogP contribution in [0, 0.1) is 12.7 Å². The molecule has 3 aromatic carbocycles. The lowest BCUT2D eigenvalue weighted by Gasteiger charge is -2.38. The van der Waals surface area contributed by atoms with Gasteiger partial charge in [0.25, 0.3) is 5.91 Å². The Morgan fingerprint density at radius 2 is 1.83 bits per heavy atom. The number of benzene rings is 3. The van der Waals surface area contributed by atoms with Crippen molar-refractivity contribution in [1.29, 1.82) is 0 Å². The summed E-state index contributed by atoms with van der Waals surface area (Å²) < 4.78 is 64.4. The lowest BCUT2D eigenvalue weighted by atomic mass is 9.74. The first-order valence-corrected chi connectivity index (χ1v) is 14.2. The van der Waals surface area contributed by atoms with Gasteiger partial charge in [-0.05, 0) is 72.9 Å². The Hall–Kier alpha value is -4.69. The lowest BCUT2D eigenvalue weighted by molar-refractivity contribution is -0.260. The fourth-order valence-electron chi connectivity index (χ4n) is 5.39. The Balaban J connectivity index is 1.65. The van der Waals surface area contributed by atoms with Gasteiger partial charge in [-0.2, -0.15) is 18.3 Å². The van der Waals surface area contributed by atoms with Crippen molar-refractivity contribution < 1.29 is 42.1 Å². The molecular weight excluding hydrogens is 610 g/mol. The molecule has 2 amide bonds. The molecule has 1 unspecified atom stereocenters. The summed E-state index contributed by atoms with van der Waals surface area (Å²) in [5.74, 6) is -2.03. The number of hydrogen-bond acceptors (Lipinski definition) is 7. The average molecular weight is 646 g/mol. The Morgan fingerprint density at radius 1 is 1.11 bits per heavy atom. The molecule has 0 spiro atoms. The molecule has 6 N–H and O–H groups in total. The second kappa shape index (κ2) is 13.0. The monoisotopic (exact) mass is 645 g/mol. The van der Waals surface area contributed by atoms with Crippen LogP contribution in [0.3, 0.4) is 0 Å². The van der Waals surface area contributed by atoms with Gasteiger partial charge in [0.05, 0.1) is 37.7 Å². The average Bonchev–Trinajstić information content (AvgIpc) is 3.41. The number of aryl methyl sites for hydroxylation is 1. The van der Waals surface area contributed by atoms with Crippen LogP contribution >= 0.6 is 0 Å². The maximum atomic E-state index is 14.5. The number of halogens is 4. The molecule has 246 valence electrons. The summed E-state index contributed by atoms with van der Waals surface area (Å²) >= 11 is 0. The third-order valence-corrected chi connectivity index (χ3v) is 7.74. The highest BCUT2D eigenvalue weighted by molar-refractivity contribution is 5.98. The zero-order valence-corrected chi connectivity index (χ0v) is 25.6. The molecule has 0 bridgehead atoms. The molecule has 0 radical (unpaired) electrons. The molecule has 1 heterocycles. The number of rotatable bonds is 12. The molecule has 4 aromatic rings. The first kappa shape index (κ1) is 34.2. The summed E-state index contributed by atoms with van der Waals surface area (Å²) in [7, 11) is 1.33. The Labute approximate surface area is 262 Å². The van der Waals surface area contributed by atoms with Crippen molar-refractivity contribution >= 4 is 28.4 Å². The molecule has 10 nitrogen and oxygen atoms in total. The van der Waals surface area contributed by atoms with Crippen molar-refractivity contribution in [2.24, 2.45) is 5.73 Å². The number of nitrogens with two attached hydrogens (primary N) is 1. The zero-order chi connectivity index (χ0) is 34.0. The van der Waals surface area contributed by atoms with E-state index >= 15 is 0 Å². The number of alkyl halides is 3. The molecule has 0 aliphatic rings. The predicted molar refractivity (Wildman–Crippen MR) is 163 cm³/mol. The smallest absolute Gasteiger partial charge is 0.418 e. The van der Waals surface area contributed by atoms with Gasteiger partial charge < -0.3 is 31.3 Å². The normalized spacial score (nSPS) is 14.0. The molecule has 1 aromatic heterocycles. The van der Waals surface area contributed by atoms with Gasteiger partial charge in [-0.25, -0.2) is 9.07 Å². The summed E-state index contributed by atoms with van der Waals surface area (Å²) in [5, 5.41) is 30.4. The third-order valence-electron chi connectivity index (χ3n) is 7.74. The Bertz CT molecular complexity index is 1760. The van der Waals surface area contributed by atoms with Crippen LogP contribution < -0.4 is 21.1 Å². The van der Waals surface area contributed by atoms with E-state index in [0.717, 1.165) is 12.1 Å². The molecule has 46 heavy (non-hydrogen) atoms. The van der Waals surface area contributed by atoms with Gasteiger partial charge in [-0.3, -0.25) is 9.59 Å². The summed E-state index contributed by atoms with van der Waals surface area (Å²) in [4.78, 5) is 24.1. The second-order valence-electron chi connectivity index (χ2n) is 11.8. The van der Waals surface area contributed by atoms with E-state index in [4.69, 9.17) is 10.5 Å². The van der Waals surface area contributed by atoms with Gasteiger partial charge in [0.1, 0.15) is 17.6 Å². The molecular formula is C32H35F4N5O5. The number of fused-ring (bicyclic) bond motifs is 1. The molecule has 0 fully saturated rings. The molecule has 0 saturated heterocycles. The van der Waals surface area contributed by atoms with E-state index in [1.165, 1.54) is 50.0 Å². The number of carbonyl (C=O) groups is 2. The number of carbonyl (C=O) groups excluding carboxylic acids is 2. The highest BCUT2D eigenvalue weighted by atomic mass is 19.4. The number of aliphatic hydroxyl groups excluding tert-OH is 1. The maximum Gasteiger partial charge on any atom is 0.418 e. The van der Waals surface area contributed by atoms with Gasteiger partial charge in [0.2, 0.25) is 5.91 Å². The Kier molecular flexibility index (Phi) is 9.64. The zero-order valence-electron chi connectivity index (χ0n) is 25.6. The number of anilines is 1. The summed E-state index contributed by atoms with van der Waals surface area (Å²) in [5.41, 5.74) is 2.76. The number of aliphatic hydroxyl groups is 2. The molecule has 4 rings (SSSR count). The van der Waals surface area contributed by atoms with Crippen molar-refractivity contribution in [3.05, 3.63) is 83.3 Å². The molecule has 0 saturated carbocycles. The number of methoxy groups -OCH3 is 1. The third kappa shape index (κ3) is 7.07. The maximum absolute atomic E-state index is 14.5. The van der Waals surface area contributed by atoms with E-state index in [1.807, 2.05) is 0 Å². The van der Waals surface area contributed by atoms with E-state index < -0.39 is 60.4 Å². The van der Waals surface area contributed by atoms with E-state index in [9.17, 15) is 37.4 Å². The number of nitrogens with one attached hydrogen (secondary N) is 2. The van der Waals surface area contributed by atoms with Crippen LogP contribution in [-0.2, 0) is 10.2 Å². The highest BCUT2D eigenvalue weighted by Crippen LogP contribution is 2.44. The number of primary amides is 1. The highest BCUT2D eigenvalue weighted by Gasteiger charge is 2.56. The fraction of sp³-hybridized carbons (Fsp3) is 0.344. The largest absolute Gasteiger partial charge is 0.496 e. The minimum atomic E-state index is -5.06. The van der Waals surface area contributed by atoms with Gasteiger partial charge in [0.15, 0.2) is 5.60 Å². The predicted octanol–water partition coefficient (Wildman–Crippen LogP) is 4.13. The molecule has 14 heteroatoms. The van der Waals surface area contributed by atoms with Gasteiger partial charge in [0, 0.05) is 22.2 Å². The molecule has 2 atom stereocenters. The topological polar surface area (TPSA) is 152 Å². The summed E-state index contributed by atoms with van der Waals surface area (Å²) in [6, 6.07) is 11.9. The van der Waals surface area contributed by atoms with Gasteiger partial charge >= 0.3 is 6.18 Å².